The number of aromatic nitrogens is 3. The molecule has 0 bridgehead atoms. The van der Waals surface area contributed by atoms with Crippen molar-refractivity contribution in [1.29, 1.82) is 0 Å². The Morgan fingerprint density at radius 2 is 1.96 bits per heavy atom. The number of methoxy groups -OCH3 is 1. The fourth-order valence-corrected chi connectivity index (χ4v) is 3.37. The second-order valence-electron chi connectivity index (χ2n) is 6.53. The number of carbonyl (C=O) groups is 1. The van der Waals surface area contributed by atoms with Gasteiger partial charge < -0.3 is 15.4 Å². The fraction of sp³-hybridized carbons (Fsp3) is 0.0952. The number of hydrogen-bond donors (Lipinski definition) is 2. The van der Waals surface area contributed by atoms with E-state index in [-0.39, 0.29) is 5.91 Å². The minimum atomic E-state index is -0.0524. The molecule has 2 N–H and O–H groups in total. The van der Waals surface area contributed by atoms with E-state index in [1.54, 1.807) is 11.6 Å². The van der Waals surface area contributed by atoms with Crippen LogP contribution in [0.2, 0.25) is 0 Å². The predicted molar refractivity (Wildman–Crippen MR) is 106 cm³/mol. The molecule has 0 saturated heterocycles. The van der Waals surface area contributed by atoms with Crippen LogP contribution in [0.4, 0.5) is 11.6 Å². The van der Waals surface area contributed by atoms with Crippen LogP contribution < -0.4 is 15.4 Å². The van der Waals surface area contributed by atoms with Crippen LogP contribution in [0, 0.1) is 0 Å². The molecule has 138 valence electrons. The highest BCUT2D eigenvalue weighted by Gasteiger charge is 2.19. The number of anilines is 2. The molecule has 0 aliphatic carbocycles. The normalized spacial score (nSPS) is 12.7. The Morgan fingerprint density at radius 1 is 1.11 bits per heavy atom. The molecule has 2 aromatic heterocycles. The lowest BCUT2D eigenvalue weighted by atomic mass is 10.1. The summed E-state index contributed by atoms with van der Waals surface area (Å²) in [7, 11) is 1.65. The molecule has 4 aromatic rings. The molecule has 0 radical (unpaired) electrons. The number of ether oxygens (including phenoxy) is 1. The number of nitrogens with one attached hydrogen (secondary N) is 2. The molecule has 28 heavy (non-hydrogen) atoms. The highest BCUT2D eigenvalue weighted by molar-refractivity contribution is 5.99. The third-order valence-electron chi connectivity index (χ3n) is 4.81. The third-order valence-corrected chi connectivity index (χ3v) is 4.81. The molecule has 7 nitrogen and oxygen atoms in total. The second kappa shape index (κ2) is 6.38. The summed E-state index contributed by atoms with van der Waals surface area (Å²) in [6, 6.07) is 17.5. The molecular weight excluding hydrogens is 354 g/mol. The molecule has 0 unspecified atom stereocenters. The maximum absolute atomic E-state index is 11.9. The van der Waals surface area contributed by atoms with Crippen molar-refractivity contribution in [3.05, 3.63) is 71.9 Å². The van der Waals surface area contributed by atoms with Gasteiger partial charge in [0.1, 0.15) is 5.75 Å². The molecule has 0 spiro atoms. The lowest BCUT2D eigenvalue weighted by Gasteiger charge is -2.04. The van der Waals surface area contributed by atoms with Crippen molar-refractivity contribution < 1.29 is 9.53 Å². The molecule has 5 rings (SSSR count). The number of benzene rings is 2. The first-order valence-electron chi connectivity index (χ1n) is 8.89. The summed E-state index contributed by atoms with van der Waals surface area (Å²) in [5.74, 6) is 1.22. The van der Waals surface area contributed by atoms with Gasteiger partial charge in [0, 0.05) is 29.6 Å². The number of hydrogen-bond acceptors (Lipinski definition) is 5. The van der Waals surface area contributed by atoms with Gasteiger partial charge in [-0.25, -0.2) is 4.52 Å². The third kappa shape index (κ3) is 2.73. The SMILES string of the molecule is COc1ccc(-c2cccn3nc(Nc4ccc5c(c4)C(=O)NC5)nc23)cc1. The Kier molecular flexibility index (Phi) is 3.72. The number of amides is 1. The lowest BCUT2D eigenvalue weighted by Crippen LogP contribution is -2.12. The van der Waals surface area contributed by atoms with Gasteiger partial charge in [0.25, 0.3) is 5.91 Å². The number of pyridine rings is 1. The Bertz CT molecular complexity index is 1200. The predicted octanol–water partition coefficient (Wildman–Crippen LogP) is 3.39. The number of carbonyl (C=O) groups excluding carboxylic acids is 1. The topological polar surface area (TPSA) is 80.5 Å². The van der Waals surface area contributed by atoms with Crippen molar-refractivity contribution >= 4 is 23.2 Å². The maximum atomic E-state index is 11.9. The van der Waals surface area contributed by atoms with E-state index >= 15 is 0 Å². The minimum Gasteiger partial charge on any atom is -0.497 e. The highest BCUT2D eigenvalue weighted by Crippen LogP contribution is 2.27. The van der Waals surface area contributed by atoms with Crippen LogP contribution in [0.25, 0.3) is 16.8 Å². The average Bonchev–Trinajstić information content (AvgIpc) is 3.31. The van der Waals surface area contributed by atoms with E-state index in [1.165, 1.54) is 0 Å². The van der Waals surface area contributed by atoms with Gasteiger partial charge in [0.2, 0.25) is 5.95 Å². The summed E-state index contributed by atoms with van der Waals surface area (Å²) in [5.41, 5.74) is 5.21. The molecular formula is C21H17N5O2. The lowest BCUT2D eigenvalue weighted by molar-refractivity contribution is 0.0966. The van der Waals surface area contributed by atoms with Crippen molar-refractivity contribution in [3.63, 3.8) is 0 Å². The summed E-state index contributed by atoms with van der Waals surface area (Å²) in [6.07, 6.45) is 1.86. The van der Waals surface area contributed by atoms with E-state index < -0.39 is 0 Å². The van der Waals surface area contributed by atoms with Gasteiger partial charge in [-0.2, -0.15) is 4.98 Å². The molecule has 0 atom stereocenters. The number of rotatable bonds is 4. The standard InChI is InChI=1S/C21H17N5O2/c1-28-16-8-5-13(6-9-16)17-3-2-10-26-19(17)24-21(25-26)23-15-7-4-14-12-22-20(27)18(14)11-15/h2-11H,12H2,1H3,(H,22,27)(H,23,25). The van der Waals surface area contributed by atoms with Gasteiger partial charge >= 0.3 is 0 Å². The number of nitrogens with zero attached hydrogens (tertiary/aromatic N) is 3. The van der Waals surface area contributed by atoms with Crippen molar-refractivity contribution in [2.45, 2.75) is 6.54 Å². The average molecular weight is 371 g/mol. The van der Waals surface area contributed by atoms with E-state index in [1.807, 2.05) is 60.8 Å². The van der Waals surface area contributed by atoms with Crippen LogP contribution in [0.1, 0.15) is 15.9 Å². The van der Waals surface area contributed by atoms with Gasteiger partial charge in [-0.1, -0.05) is 18.2 Å². The number of fused-ring (bicyclic) bond motifs is 2. The van der Waals surface area contributed by atoms with E-state index in [2.05, 4.69) is 20.7 Å². The monoisotopic (exact) mass is 371 g/mol. The molecule has 1 aliphatic rings. The Labute approximate surface area is 161 Å². The van der Waals surface area contributed by atoms with Crippen molar-refractivity contribution in [2.75, 3.05) is 12.4 Å². The van der Waals surface area contributed by atoms with Gasteiger partial charge in [0.05, 0.1) is 7.11 Å². The van der Waals surface area contributed by atoms with Crippen LogP contribution in [-0.4, -0.2) is 27.6 Å². The van der Waals surface area contributed by atoms with Crippen LogP contribution in [0.5, 0.6) is 5.75 Å². The minimum absolute atomic E-state index is 0.0524. The van der Waals surface area contributed by atoms with Crippen LogP contribution in [0.3, 0.4) is 0 Å². The molecule has 3 heterocycles. The summed E-state index contributed by atoms with van der Waals surface area (Å²) >= 11 is 0. The summed E-state index contributed by atoms with van der Waals surface area (Å²) in [5, 5.41) is 10.5. The van der Waals surface area contributed by atoms with Crippen molar-refractivity contribution in [3.8, 4) is 16.9 Å². The Hall–Kier alpha value is -3.87. The van der Waals surface area contributed by atoms with Crippen molar-refractivity contribution in [2.24, 2.45) is 0 Å². The fourth-order valence-electron chi connectivity index (χ4n) is 3.37. The van der Waals surface area contributed by atoms with E-state index in [0.717, 1.165) is 33.8 Å². The first-order chi connectivity index (χ1) is 13.7. The smallest absolute Gasteiger partial charge is 0.251 e. The molecule has 0 saturated carbocycles. The van der Waals surface area contributed by atoms with Crippen LogP contribution in [-0.2, 0) is 6.54 Å². The zero-order chi connectivity index (χ0) is 19.1. The molecule has 0 fully saturated rings. The first kappa shape index (κ1) is 16.3. The van der Waals surface area contributed by atoms with Gasteiger partial charge in [0.15, 0.2) is 5.65 Å². The second-order valence-corrected chi connectivity index (χ2v) is 6.53. The van der Waals surface area contributed by atoms with Gasteiger partial charge in [-0.3, -0.25) is 4.79 Å². The molecule has 2 aromatic carbocycles. The quantitative estimate of drug-likeness (QED) is 0.575. The maximum Gasteiger partial charge on any atom is 0.251 e. The van der Waals surface area contributed by atoms with Crippen LogP contribution >= 0.6 is 0 Å². The summed E-state index contributed by atoms with van der Waals surface area (Å²) in [4.78, 5) is 16.5. The molecule has 1 amide bonds. The molecule has 1 aliphatic heterocycles. The summed E-state index contributed by atoms with van der Waals surface area (Å²) < 4.78 is 6.97. The van der Waals surface area contributed by atoms with Gasteiger partial charge in [-0.15, -0.1) is 5.10 Å². The highest BCUT2D eigenvalue weighted by atomic mass is 16.5. The van der Waals surface area contributed by atoms with E-state index in [4.69, 9.17) is 4.74 Å². The largest absolute Gasteiger partial charge is 0.497 e. The molecule has 7 heteroatoms. The van der Waals surface area contributed by atoms with Gasteiger partial charge in [-0.05, 0) is 47.5 Å². The van der Waals surface area contributed by atoms with Crippen molar-refractivity contribution in [1.82, 2.24) is 19.9 Å². The first-order valence-corrected chi connectivity index (χ1v) is 8.89. The Balaban J connectivity index is 1.50. The Morgan fingerprint density at radius 3 is 2.79 bits per heavy atom. The van der Waals surface area contributed by atoms with E-state index in [0.29, 0.717) is 18.1 Å². The van der Waals surface area contributed by atoms with Crippen LogP contribution in [0.15, 0.2) is 60.8 Å². The zero-order valence-electron chi connectivity index (χ0n) is 15.1. The van der Waals surface area contributed by atoms with E-state index in [9.17, 15) is 4.79 Å². The zero-order valence-corrected chi connectivity index (χ0v) is 15.1. The summed E-state index contributed by atoms with van der Waals surface area (Å²) in [6.45, 7) is 0.576.